The molecule has 1 amide bonds. The Labute approximate surface area is 179 Å². The van der Waals surface area contributed by atoms with Crippen molar-refractivity contribution in [3.05, 3.63) is 69.8 Å². The Morgan fingerprint density at radius 2 is 1.86 bits per heavy atom. The monoisotopic (exact) mass is 498 g/mol. The van der Waals surface area contributed by atoms with Crippen LogP contribution in [0, 0.1) is 5.82 Å². The number of benzene rings is 2. The molecule has 29 heavy (non-hydrogen) atoms. The minimum atomic E-state index is -4.06. The van der Waals surface area contributed by atoms with Gasteiger partial charge in [0.2, 0.25) is 0 Å². The van der Waals surface area contributed by atoms with Gasteiger partial charge in [-0.05, 0) is 55.0 Å². The molecular weight excluding hydrogens is 483 g/mol. The summed E-state index contributed by atoms with van der Waals surface area (Å²) in [5.41, 5.74) is 2.96. The molecule has 1 aromatic heterocycles. The van der Waals surface area contributed by atoms with Crippen LogP contribution in [0.25, 0.3) is 10.4 Å². The van der Waals surface area contributed by atoms with Crippen molar-refractivity contribution in [1.29, 1.82) is 0 Å². The summed E-state index contributed by atoms with van der Waals surface area (Å²) in [6.45, 7) is 2.03. The van der Waals surface area contributed by atoms with Gasteiger partial charge in [0, 0.05) is 9.35 Å². The molecule has 0 atom stereocenters. The van der Waals surface area contributed by atoms with Gasteiger partial charge >= 0.3 is 0 Å². The third-order valence-corrected chi connectivity index (χ3v) is 6.65. The van der Waals surface area contributed by atoms with Crippen LogP contribution in [0.1, 0.15) is 16.6 Å². The fourth-order valence-corrected chi connectivity index (χ4v) is 4.86. The van der Waals surface area contributed by atoms with Gasteiger partial charge in [0.05, 0.1) is 11.5 Å². The summed E-state index contributed by atoms with van der Waals surface area (Å²) < 4.78 is 44.2. The van der Waals surface area contributed by atoms with Crippen LogP contribution in [0.4, 0.5) is 4.39 Å². The second-order valence-electron chi connectivity index (χ2n) is 5.75. The SMILES string of the molecule is CCOc1ccc(Br)cc1S(=O)(=O)NNC(=O)c1ccc(-c2ccc(F)cc2)s1. The summed E-state index contributed by atoms with van der Waals surface area (Å²) in [5.74, 6) is -0.788. The Morgan fingerprint density at radius 1 is 1.14 bits per heavy atom. The van der Waals surface area contributed by atoms with Gasteiger partial charge in [-0.25, -0.2) is 12.8 Å². The van der Waals surface area contributed by atoms with Crippen LogP contribution >= 0.6 is 27.3 Å². The van der Waals surface area contributed by atoms with Gasteiger partial charge in [0.15, 0.2) is 0 Å². The van der Waals surface area contributed by atoms with Crippen LogP contribution in [0.2, 0.25) is 0 Å². The van der Waals surface area contributed by atoms with Crippen LogP contribution in [-0.4, -0.2) is 20.9 Å². The molecule has 0 fully saturated rings. The lowest BCUT2D eigenvalue weighted by Gasteiger charge is -2.12. The van der Waals surface area contributed by atoms with E-state index in [1.807, 2.05) is 0 Å². The van der Waals surface area contributed by atoms with Gasteiger partial charge in [0.1, 0.15) is 16.5 Å². The van der Waals surface area contributed by atoms with Gasteiger partial charge in [-0.15, -0.1) is 16.2 Å². The summed E-state index contributed by atoms with van der Waals surface area (Å²) in [5, 5.41) is 0. The summed E-state index contributed by atoms with van der Waals surface area (Å²) in [6.07, 6.45) is 0. The first kappa shape index (κ1) is 21.4. The van der Waals surface area contributed by atoms with Crippen molar-refractivity contribution in [1.82, 2.24) is 10.3 Å². The quantitative estimate of drug-likeness (QED) is 0.474. The fraction of sp³-hybridized carbons (Fsp3) is 0.105. The van der Waals surface area contributed by atoms with E-state index in [-0.39, 0.29) is 23.1 Å². The molecule has 0 unspecified atom stereocenters. The van der Waals surface area contributed by atoms with Crippen molar-refractivity contribution in [3.63, 3.8) is 0 Å². The molecule has 152 valence electrons. The van der Waals surface area contributed by atoms with E-state index in [1.165, 1.54) is 24.3 Å². The number of hydrogen-bond acceptors (Lipinski definition) is 5. The van der Waals surface area contributed by atoms with Gasteiger partial charge in [-0.3, -0.25) is 10.2 Å². The van der Waals surface area contributed by atoms with Crippen molar-refractivity contribution in [2.24, 2.45) is 0 Å². The van der Waals surface area contributed by atoms with Crippen LogP contribution in [0.5, 0.6) is 5.75 Å². The first-order valence-corrected chi connectivity index (χ1v) is 11.5. The minimum Gasteiger partial charge on any atom is -0.492 e. The van der Waals surface area contributed by atoms with Gasteiger partial charge in [-0.2, -0.15) is 0 Å². The lowest BCUT2D eigenvalue weighted by Crippen LogP contribution is -2.41. The Morgan fingerprint density at radius 3 is 2.55 bits per heavy atom. The number of halogens is 2. The van der Waals surface area contributed by atoms with E-state index < -0.39 is 15.9 Å². The highest BCUT2D eigenvalue weighted by Crippen LogP contribution is 2.29. The molecule has 1 heterocycles. The third-order valence-electron chi connectivity index (χ3n) is 3.75. The molecule has 0 spiro atoms. The predicted molar refractivity (Wildman–Crippen MR) is 113 cm³/mol. The zero-order valence-electron chi connectivity index (χ0n) is 15.1. The van der Waals surface area contributed by atoms with Crippen LogP contribution in [0.3, 0.4) is 0 Å². The van der Waals surface area contributed by atoms with Gasteiger partial charge in [-0.1, -0.05) is 28.1 Å². The summed E-state index contributed by atoms with van der Waals surface area (Å²) in [7, 11) is -4.06. The van der Waals surface area contributed by atoms with E-state index in [2.05, 4.69) is 26.2 Å². The van der Waals surface area contributed by atoms with Crippen molar-refractivity contribution in [2.75, 3.05) is 6.61 Å². The zero-order chi connectivity index (χ0) is 21.0. The Kier molecular flexibility index (Phi) is 6.68. The first-order chi connectivity index (χ1) is 13.8. The third kappa shape index (κ3) is 5.21. The summed E-state index contributed by atoms with van der Waals surface area (Å²) >= 11 is 4.39. The molecule has 10 heteroatoms. The topological polar surface area (TPSA) is 84.5 Å². The number of sulfonamides is 1. The summed E-state index contributed by atoms with van der Waals surface area (Å²) in [4.78, 5) is 15.4. The molecule has 6 nitrogen and oxygen atoms in total. The standard InChI is InChI=1S/C19H16BrFN2O4S2/c1-2-27-15-8-5-13(20)11-18(15)29(25,26)23-22-19(24)17-10-9-16(28-17)12-3-6-14(21)7-4-12/h3-11,23H,2H2,1H3,(H,22,24). The van der Waals surface area contributed by atoms with Crippen molar-refractivity contribution < 1.29 is 22.3 Å². The Balaban J connectivity index is 1.74. The lowest BCUT2D eigenvalue weighted by molar-refractivity contribution is 0.0949. The van der Waals surface area contributed by atoms with Crippen molar-refractivity contribution in [3.8, 4) is 16.2 Å². The zero-order valence-corrected chi connectivity index (χ0v) is 18.3. The average molecular weight is 499 g/mol. The van der Waals surface area contributed by atoms with E-state index >= 15 is 0 Å². The minimum absolute atomic E-state index is 0.104. The van der Waals surface area contributed by atoms with Crippen LogP contribution < -0.4 is 15.0 Å². The molecule has 3 aromatic rings. The second kappa shape index (κ2) is 9.04. The maximum Gasteiger partial charge on any atom is 0.276 e. The van der Waals surface area contributed by atoms with Gasteiger partial charge < -0.3 is 4.74 Å². The molecule has 0 saturated heterocycles. The Hall–Kier alpha value is -2.27. The summed E-state index contributed by atoms with van der Waals surface area (Å²) in [6, 6.07) is 13.7. The number of rotatable bonds is 7. The average Bonchev–Trinajstić information content (AvgIpc) is 3.18. The molecule has 3 rings (SSSR count). The number of carbonyl (C=O) groups excluding carboxylic acids is 1. The number of carbonyl (C=O) groups is 1. The van der Waals surface area contributed by atoms with E-state index in [0.717, 1.165) is 21.8 Å². The van der Waals surface area contributed by atoms with E-state index in [0.29, 0.717) is 9.35 Å². The highest BCUT2D eigenvalue weighted by atomic mass is 79.9. The molecule has 0 radical (unpaired) electrons. The largest absolute Gasteiger partial charge is 0.492 e. The maximum absolute atomic E-state index is 13.1. The molecule has 0 aliphatic heterocycles. The predicted octanol–water partition coefficient (Wildman–Crippen LogP) is 4.34. The second-order valence-corrected chi connectivity index (χ2v) is 9.40. The molecule has 2 aromatic carbocycles. The molecule has 0 saturated carbocycles. The number of ether oxygens (including phenoxy) is 1. The first-order valence-electron chi connectivity index (χ1n) is 8.40. The van der Waals surface area contributed by atoms with Crippen LogP contribution in [-0.2, 0) is 10.0 Å². The molecule has 0 aliphatic carbocycles. The number of amides is 1. The van der Waals surface area contributed by atoms with E-state index in [9.17, 15) is 17.6 Å². The molecular formula is C19H16BrFN2O4S2. The highest BCUT2D eigenvalue weighted by molar-refractivity contribution is 9.10. The van der Waals surface area contributed by atoms with Gasteiger partial charge in [0.25, 0.3) is 15.9 Å². The van der Waals surface area contributed by atoms with E-state index in [1.54, 1.807) is 37.3 Å². The number of hydrogen-bond donors (Lipinski definition) is 2. The smallest absolute Gasteiger partial charge is 0.276 e. The molecule has 2 N–H and O–H groups in total. The van der Waals surface area contributed by atoms with Crippen LogP contribution in [0.15, 0.2) is 64.0 Å². The molecule has 0 bridgehead atoms. The lowest BCUT2D eigenvalue weighted by atomic mass is 10.2. The number of thiophene rings is 1. The number of hydrazine groups is 1. The fourth-order valence-electron chi connectivity index (χ4n) is 2.43. The number of nitrogens with one attached hydrogen (secondary N) is 2. The molecule has 0 aliphatic rings. The Bertz CT molecular complexity index is 1130. The maximum atomic E-state index is 13.1. The highest BCUT2D eigenvalue weighted by Gasteiger charge is 2.22. The normalized spacial score (nSPS) is 11.3. The van der Waals surface area contributed by atoms with Crippen molar-refractivity contribution >= 4 is 43.2 Å². The van der Waals surface area contributed by atoms with Crippen molar-refractivity contribution in [2.45, 2.75) is 11.8 Å². The van der Waals surface area contributed by atoms with E-state index in [4.69, 9.17) is 4.74 Å².